The van der Waals surface area contributed by atoms with Gasteiger partial charge in [0.25, 0.3) is 11.8 Å². The van der Waals surface area contributed by atoms with Gasteiger partial charge in [0.1, 0.15) is 10.8 Å². The summed E-state index contributed by atoms with van der Waals surface area (Å²) in [5.74, 6) is -0.646. The Labute approximate surface area is 203 Å². The van der Waals surface area contributed by atoms with E-state index >= 15 is 0 Å². The van der Waals surface area contributed by atoms with Gasteiger partial charge in [-0.15, -0.1) is 11.3 Å². The quantitative estimate of drug-likeness (QED) is 0.420. The lowest BCUT2D eigenvalue weighted by Crippen LogP contribution is -2.21. The Hall–Kier alpha value is -3.65. The number of hydrogen-bond acceptors (Lipinski definition) is 6. The maximum absolute atomic E-state index is 12.5. The van der Waals surface area contributed by atoms with E-state index in [9.17, 15) is 14.4 Å². The third-order valence-electron chi connectivity index (χ3n) is 5.23. The first kappa shape index (κ1) is 25.0. The molecule has 7 nitrogen and oxygen atoms in total. The van der Waals surface area contributed by atoms with Crippen molar-refractivity contribution in [3.8, 4) is 5.75 Å². The van der Waals surface area contributed by atoms with Crippen molar-refractivity contribution in [3.63, 3.8) is 0 Å². The van der Waals surface area contributed by atoms with Crippen LogP contribution in [0.4, 0.5) is 10.7 Å². The van der Waals surface area contributed by atoms with E-state index in [1.165, 1.54) is 11.3 Å². The summed E-state index contributed by atoms with van der Waals surface area (Å²) in [6, 6.07) is 12.4. The SMILES string of the molecule is CCOC(=O)c1c(NC(=O)COc2ccc(C(=O)Nc3ccc(C)cc3C)cc2)sc(C)c1C. The Kier molecular flexibility index (Phi) is 8.07. The van der Waals surface area contributed by atoms with Gasteiger partial charge in [-0.05, 0) is 76.1 Å². The number of thiophene rings is 1. The highest BCUT2D eigenvalue weighted by Crippen LogP contribution is 2.33. The first-order chi connectivity index (χ1) is 16.2. The molecule has 0 saturated carbocycles. The van der Waals surface area contributed by atoms with Crippen LogP contribution in [-0.2, 0) is 9.53 Å². The van der Waals surface area contributed by atoms with Crippen molar-refractivity contribution in [2.75, 3.05) is 23.8 Å². The number of ether oxygens (including phenoxy) is 2. The van der Waals surface area contributed by atoms with Crippen molar-refractivity contribution in [1.29, 1.82) is 0 Å². The first-order valence-electron chi connectivity index (χ1n) is 10.9. The van der Waals surface area contributed by atoms with Gasteiger partial charge in [0.15, 0.2) is 6.61 Å². The van der Waals surface area contributed by atoms with Gasteiger partial charge in [0, 0.05) is 16.1 Å². The van der Waals surface area contributed by atoms with Crippen LogP contribution in [0.2, 0.25) is 0 Å². The van der Waals surface area contributed by atoms with Crippen LogP contribution in [0.25, 0.3) is 0 Å². The number of hydrogen-bond donors (Lipinski definition) is 2. The third-order valence-corrected chi connectivity index (χ3v) is 6.36. The van der Waals surface area contributed by atoms with E-state index < -0.39 is 11.9 Å². The Balaban J connectivity index is 1.58. The molecule has 0 aliphatic rings. The fourth-order valence-electron chi connectivity index (χ4n) is 3.33. The van der Waals surface area contributed by atoms with Crippen molar-refractivity contribution in [1.82, 2.24) is 0 Å². The van der Waals surface area contributed by atoms with Gasteiger partial charge in [0.2, 0.25) is 0 Å². The standard InChI is InChI=1S/C26H28N2O5S/c1-6-32-26(31)23-17(4)18(5)34-25(23)28-22(29)14-33-20-10-8-19(9-11-20)24(30)27-21-12-7-15(2)13-16(21)3/h7-13H,6,14H2,1-5H3,(H,27,30)(H,28,29). The molecule has 2 N–H and O–H groups in total. The minimum absolute atomic E-state index is 0.230. The lowest BCUT2D eigenvalue weighted by atomic mass is 10.1. The highest BCUT2D eigenvalue weighted by Gasteiger charge is 2.22. The molecule has 2 aromatic carbocycles. The highest BCUT2D eigenvalue weighted by atomic mass is 32.1. The zero-order valence-corrected chi connectivity index (χ0v) is 20.7. The molecule has 0 bridgehead atoms. The molecule has 0 radical (unpaired) electrons. The van der Waals surface area contributed by atoms with Gasteiger partial charge in [-0.1, -0.05) is 17.7 Å². The molecule has 178 valence electrons. The number of aryl methyl sites for hydroxylation is 3. The first-order valence-corrected chi connectivity index (χ1v) is 11.7. The van der Waals surface area contributed by atoms with Gasteiger partial charge < -0.3 is 20.1 Å². The van der Waals surface area contributed by atoms with Crippen molar-refractivity contribution in [2.45, 2.75) is 34.6 Å². The molecule has 8 heteroatoms. The number of carbonyl (C=O) groups is 3. The number of carbonyl (C=O) groups excluding carboxylic acids is 3. The average Bonchev–Trinajstić information content (AvgIpc) is 3.07. The Bertz CT molecular complexity index is 1210. The zero-order valence-electron chi connectivity index (χ0n) is 19.9. The highest BCUT2D eigenvalue weighted by molar-refractivity contribution is 7.16. The van der Waals surface area contributed by atoms with Crippen LogP contribution in [0.5, 0.6) is 5.75 Å². The molecule has 0 saturated heterocycles. The maximum Gasteiger partial charge on any atom is 0.341 e. The van der Waals surface area contributed by atoms with Gasteiger partial charge in [-0.25, -0.2) is 4.79 Å². The van der Waals surface area contributed by atoms with E-state index in [1.54, 1.807) is 31.2 Å². The van der Waals surface area contributed by atoms with Gasteiger partial charge in [-0.2, -0.15) is 0 Å². The van der Waals surface area contributed by atoms with E-state index in [-0.39, 0.29) is 19.1 Å². The monoisotopic (exact) mass is 480 g/mol. The second-order valence-electron chi connectivity index (χ2n) is 7.84. The molecular weight excluding hydrogens is 452 g/mol. The molecule has 0 unspecified atom stereocenters. The number of amides is 2. The van der Waals surface area contributed by atoms with Crippen LogP contribution < -0.4 is 15.4 Å². The lowest BCUT2D eigenvalue weighted by molar-refractivity contribution is -0.118. The normalized spacial score (nSPS) is 10.5. The van der Waals surface area contributed by atoms with Crippen LogP contribution in [0.1, 0.15) is 49.2 Å². The average molecular weight is 481 g/mol. The molecule has 0 fully saturated rings. The van der Waals surface area contributed by atoms with Crippen molar-refractivity contribution in [2.24, 2.45) is 0 Å². The van der Waals surface area contributed by atoms with E-state index in [0.717, 1.165) is 27.3 Å². The fourth-order valence-corrected chi connectivity index (χ4v) is 4.39. The van der Waals surface area contributed by atoms with Gasteiger partial charge in [0.05, 0.1) is 12.2 Å². The van der Waals surface area contributed by atoms with E-state index in [1.807, 2.05) is 45.9 Å². The van der Waals surface area contributed by atoms with Gasteiger partial charge >= 0.3 is 5.97 Å². The topological polar surface area (TPSA) is 93.7 Å². The van der Waals surface area contributed by atoms with Gasteiger partial charge in [-0.3, -0.25) is 9.59 Å². The summed E-state index contributed by atoms with van der Waals surface area (Å²) >= 11 is 1.32. The summed E-state index contributed by atoms with van der Waals surface area (Å²) in [5.41, 5.74) is 4.50. The fraction of sp³-hybridized carbons (Fsp3) is 0.269. The van der Waals surface area contributed by atoms with Crippen LogP contribution in [-0.4, -0.2) is 31.0 Å². The lowest BCUT2D eigenvalue weighted by Gasteiger charge is -2.10. The molecule has 34 heavy (non-hydrogen) atoms. The van der Waals surface area contributed by atoms with Crippen LogP contribution in [0.15, 0.2) is 42.5 Å². The molecule has 1 aromatic heterocycles. The summed E-state index contributed by atoms with van der Waals surface area (Å²) in [6.07, 6.45) is 0. The largest absolute Gasteiger partial charge is 0.484 e. The van der Waals surface area contributed by atoms with Crippen LogP contribution in [0.3, 0.4) is 0 Å². The minimum atomic E-state index is -0.463. The molecule has 0 aliphatic heterocycles. The molecule has 0 spiro atoms. The molecule has 0 aliphatic carbocycles. The molecule has 0 atom stereocenters. The van der Waals surface area contributed by atoms with E-state index in [0.29, 0.717) is 21.9 Å². The summed E-state index contributed by atoms with van der Waals surface area (Å²) in [7, 11) is 0. The van der Waals surface area contributed by atoms with Crippen LogP contribution >= 0.6 is 11.3 Å². The van der Waals surface area contributed by atoms with Crippen LogP contribution in [0, 0.1) is 27.7 Å². The third kappa shape index (κ3) is 6.02. The summed E-state index contributed by atoms with van der Waals surface area (Å²) < 4.78 is 10.7. The van der Waals surface area contributed by atoms with E-state index in [2.05, 4.69) is 10.6 Å². The maximum atomic E-state index is 12.5. The molecular formula is C26H28N2O5S. The summed E-state index contributed by atoms with van der Waals surface area (Å²) in [6.45, 7) is 9.39. The van der Waals surface area contributed by atoms with Crippen molar-refractivity contribution < 1.29 is 23.9 Å². The summed E-state index contributed by atoms with van der Waals surface area (Å²) in [5, 5.41) is 6.08. The number of rotatable bonds is 8. The second-order valence-corrected chi connectivity index (χ2v) is 9.07. The molecule has 3 aromatic rings. The Morgan fingerprint density at radius 3 is 2.29 bits per heavy atom. The van der Waals surface area contributed by atoms with Crippen molar-refractivity contribution in [3.05, 3.63) is 75.2 Å². The number of anilines is 2. The second kappa shape index (κ2) is 11.0. The smallest absolute Gasteiger partial charge is 0.341 e. The predicted molar refractivity (Wildman–Crippen MR) is 134 cm³/mol. The Morgan fingerprint density at radius 2 is 1.65 bits per heavy atom. The molecule has 1 heterocycles. The number of esters is 1. The Morgan fingerprint density at radius 1 is 0.941 bits per heavy atom. The minimum Gasteiger partial charge on any atom is -0.484 e. The van der Waals surface area contributed by atoms with E-state index in [4.69, 9.17) is 9.47 Å². The van der Waals surface area contributed by atoms with Crippen molar-refractivity contribution >= 4 is 39.8 Å². The number of benzene rings is 2. The number of nitrogens with one attached hydrogen (secondary N) is 2. The molecule has 2 amide bonds. The predicted octanol–water partition coefficient (Wildman–Crippen LogP) is 5.43. The molecule has 3 rings (SSSR count). The zero-order chi connectivity index (χ0) is 24.8. The summed E-state index contributed by atoms with van der Waals surface area (Å²) in [4.78, 5) is 38.2.